The monoisotopic (exact) mass is 244 g/mol. The zero-order chi connectivity index (χ0) is 12.7. The lowest BCUT2D eigenvalue weighted by Gasteiger charge is -2.19. The van der Waals surface area contributed by atoms with E-state index in [-0.39, 0.29) is 0 Å². The third-order valence-electron chi connectivity index (χ3n) is 5.10. The number of aryl methyl sites for hydroxylation is 2. The van der Waals surface area contributed by atoms with Crippen LogP contribution in [0.2, 0.25) is 0 Å². The van der Waals surface area contributed by atoms with E-state index in [0.29, 0.717) is 6.04 Å². The molecule has 0 aliphatic heterocycles. The summed E-state index contributed by atoms with van der Waals surface area (Å²) in [5.41, 5.74) is 7.29. The van der Waals surface area contributed by atoms with Crippen molar-refractivity contribution in [3.05, 3.63) is 34.9 Å². The molecule has 3 rings (SSSR count). The van der Waals surface area contributed by atoms with Gasteiger partial charge in [-0.1, -0.05) is 30.2 Å². The predicted octanol–water partition coefficient (Wildman–Crippen LogP) is 2.72. The van der Waals surface area contributed by atoms with Gasteiger partial charge in [-0.25, -0.2) is 0 Å². The van der Waals surface area contributed by atoms with Crippen molar-refractivity contribution in [3.8, 4) is 0 Å². The van der Waals surface area contributed by atoms with Gasteiger partial charge in [0, 0.05) is 6.04 Å². The maximum Gasteiger partial charge on any atom is 0.0284 e. The minimum absolute atomic E-state index is 0.473. The van der Waals surface area contributed by atoms with Gasteiger partial charge in [-0.2, -0.15) is 0 Å². The molecule has 2 fully saturated rings. The molecule has 3 N–H and O–H groups in total. The van der Waals surface area contributed by atoms with E-state index in [1.807, 2.05) is 0 Å². The molecule has 2 nitrogen and oxygen atoms in total. The molecule has 2 heteroatoms. The fraction of sp³-hybridized carbons (Fsp3) is 0.625. The van der Waals surface area contributed by atoms with Gasteiger partial charge >= 0.3 is 0 Å². The normalized spacial score (nSPS) is 31.2. The number of nitrogens with one attached hydrogen (secondary N) is 1. The van der Waals surface area contributed by atoms with Crippen LogP contribution in [0.5, 0.6) is 0 Å². The van der Waals surface area contributed by atoms with Crippen LogP contribution in [0, 0.1) is 31.6 Å². The highest BCUT2D eigenvalue weighted by Gasteiger charge is 2.55. The summed E-state index contributed by atoms with van der Waals surface area (Å²) in [5, 5.41) is 0. The Morgan fingerprint density at radius 2 is 2.00 bits per heavy atom. The first-order valence-electron chi connectivity index (χ1n) is 7.23. The molecular formula is C16H24N2. The van der Waals surface area contributed by atoms with Crippen LogP contribution in [0.25, 0.3) is 0 Å². The summed E-state index contributed by atoms with van der Waals surface area (Å²) in [5.74, 6) is 8.58. The van der Waals surface area contributed by atoms with Crippen molar-refractivity contribution < 1.29 is 0 Å². The first-order chi connectivity index (χ1) is 8.70. The van der Waals surface area contributed by atoms with Crippen LogP contribution in [0.1, 0.15) is 36.0 Å². The summed E-state index contributed by atoms with van der Waals surface area (Å²) in [4.78, 5) is 0. The van der Waals surface area contributed by atoms with Crippen LogP contribution < -0.4 is 11.3 Å². The molecule has 3 atom stereocenters. The number of hydrazine groups is 1. The number of rotatable bonds is 4. The second-order valence-corrected chi connectivity index (χ2v) is 6.24. The molecule has 3 unspecified atom stereocenters. The first kappa shape index (κ1) is 12.2. The highest BCUT2D eigenvalue weighted by atomic mass is 15.2. The topological polar surface area (TPSA) is 38.0 Å². The molecule has 0 spiro atoms. The average molecular weight is 244 g/mol. The van der Waals surface area contributed by atoms with Gasteiger partial charge in [0.1, 0.15) is 0 Å². The second-order valence-electron chi connectivity index (χ2n) is 6.24. The van der Waals surface area contributed by atoms with E-state index in [1.165, 1.54) is 36.0 Å². The van der Waals surface area contributed by atoms with Crippen molar-refractivity contribution in [3.63, 3.8) is 0 Å². The first-order valence-corrected chi connectivity index (χ1v) is 7.23. The molecule has 18 heavy (non-hydrogen) atoms. The molecule has 1 aromatic rings. The standard InChI is InChI=1S/C16H24N2/c1-10-6-7-11(2)12(8-10)9-15(18-17)16-13-4-3-5-14(13)16/h6-8,13-16,18H,3-5,9,17H2,1-2H3. The number of hydrogen-bond acceptors (Lipinski definition) is 2. The maximum atomic E-state index is 5.80. The molecule has 0 heterocycles. The number of nitrogens with two attached hydrogens (primary N) is 1. The molecule has 1 aromatic carbocycles. The quantitative estimate of drug-likeness (QED) is 0.631. The van der Waals surface area contributed by atoms with Crippen molar-refractivity contribution in [1.82, 2.24) is 5.43 Å². The Morgan fingerprint density at radius 3 is 2.67 bits per heavy atom. The minimum Gasteiger partial charge on any atom is -0.271 e. The fourth-order valence-corrected chi connectivity index (χ4v) is 4.04. The third-order valence-corrected chi connectivity index (χ3v) is 5.10. The Balaban J connectivity index is 1.72. The lowest BCUT2D eigenvalue weighted by molar-refractivity contribution is 0.409. The van der Waals surface area contributed by atoms with Gasteiger partial charge in [0.05, 0.1) is 0 Å². The molecule has 0 radical (unpaired) electrons. The van der Waals surface area contributed by atoms with Crippen LogP contribution in [-0.2, 0) is 6.42 Å². The van der Waals surface area contributed by atoms with Gasteiger partial charge in [0.15, 0.2) is 0 Å². The van der Waals surface area contributed by atoms with Crippen LogP contribution in [0.15, 0.2) is 18.2 Å². The van der Waals surface area contributed by atoms with Gasteiger partial charge < -0.3 is 0 Å². The highest BCUT2D eigenvalue weighted by Crippen LogP contribution is 2.59. The Labute approximate surface area is 110 Å². The molecule has 0 aromatic heterocycles. The molecule has 0 saturated heterocycles. The summed E-state index contributed by atoms with van der Waals surface area (Å²) < 4.78 is 0. The summed E-state index contributed by atoms with van der Waals surface area (Å²) in [6.45, 7) is 4.37. The number of fused-ring (bicyclic) bond motifs is 1. The van der Waals surface area contributed by atoms with Crippen molar-refractivity contribution >= 4 is 0 Å². The van der Waals surface area contributed by atoms with Crippen molar-refractivity contribution in [2.24, 2.45) is 23.6 Å². The lowest BCUT2D eigenvalue weighted by atomic mass is 9.94. The Bertz CT molecular complexity index is 431. The van der Waals surface area contributed by atoms with E-state index < -0.39 is 0 Å². The van der Waals surface area contributed by atoms with E-state index in [9.17, 15) is 0 Å². The summed E-state index contributed by atoms with van der Waals surface area (Å²) in [6.07, 6.45) is 5.38. The lowest BCUT2D eigenvalue weighted by Crippen LogP contribution is -2.39. The predicted molar refractivity (Wildman–Crippen MR) is 75.1 cm³/mol. The van der Waals surface area contributed by atoms with E-state index in [2.05, 4.69) is 37.5 Å². The van der Waals surface area contributed by atoms with Gasteiger partial charge in [-0.05, 0) is 62.0 Å². The second kappa shape index (κ2) is 4.67. The molecule has 2 aliphatic carbocycles. The van der Waals surface area contributed by atoms with Crippen LogP contribution in [0.4, 0.5) is 0 Å². The number of benzene rings is 1. The van der Waals surface area contributed by atoms with Crippen molar-refractivity contribution in [2.75, 3.05) is 0 Å². The smallest absolute Gasteiger partial charge is 0.0284 e. The summed E-state index contributed by atoms with van der Waals surface area (Å²) in [6, 6.07) is 7.21. The minimum atomic E-state index is 0.473. The molecule has 0 bridgehead atoms. The Kier molecular flexibility index (Phi) is 3.16. The van der Waals surface area contributed by atoms with Gasteiger partial charge in [0.25, 0.3) is 0 Å². The van der Waals surface area contributed by atoms with Crippen molar-refractivity contribution in [1.29, 1.82) is 0 Å². The molecule has 2 saturated carbocycles. The van der Waals surface area contributed by atoms with E-state index in [0.717, 1.165) is 24.2 Å². The molecule has 98 valence electrons. The highest BCUT2D eigenvalue weighted by molar-refractivity contribution is 5.31. The summed E-state index contributed by atoms with van der Waals surface area (Å²) in [7, 11) is 0. The van der Waals surface area contributed by atoms with Crippen LogP contribution >= 0.6 is 0 Å². The maximum absolute atomic E-state index is 5.80. The third kappa shape index (κ3) is 2.08. The Morgan fingerprint density at radius 1 is 1.28 bits per heavy atom. The zero-order valence-corrected chi connectivity index (χ0v) is 11.4. The SMILES string of the molecule is Cc1ccc(C)c(CC(NN)C2C3CCCC32)c1. The number of hydrogen-bond donors (Lipinski definition) is 2. The molecular weight excluding hydrogens is 220 g/mol. The van der Waals surface area contributed by atoms with Crippen LogP contribution in [-0.4, -0.2) is 6.04 Å². The fourth-order valence-electron chi connectivity index (χ4n) is 4.04. The average Bonchev–Trinajstić information content (AvgIpc) is 2.83. The Hall–Kier alpha value is -0.860. The van der Waals surface area contributed by atoms with Crippen LogP contribution in [0.3, 0.4) is 0 Å². The molecule has 2 aliphatic rings. The largest absolute Gasteiger partial charge is 0.271 e. The summed E-state index contributed by atoms with van der Waals surface area (Å²) >= 11 is 0. The van der Waals surface area contributed by atoms with Gasteiger partial charge in [0.2, 0.25) is 0 Å². The van der Waals surface area contributed by atoms with E-state index in [1.54, 1.807) is 0 Å². The van der Waals surface area contributed by atoms with Crippen molar-refractivity contribution in [2.45, 2.75) is 45.6 Å². The molecule has 0 amide bonds. The van der Waals surface area contributed by atoms with Gasteiger partial charge in [-0.3, -0.25) is 11.3 Å². The zero-order valence-electron chi connectivity index (χ0n) is 11.4. The van der Waals surface area contributed by atoms with Gasteiger partial charge in [-0.15, -0.1) is 0 Å². The van der Waals surface area contributed by atoms with E-state index >= 15 is 0 Å². The van der Waals surface area contributed by atoms with E-state index in [4.69, 9.17) is 5.84 Å².